The summed E-state index contributed by atoms with van der Waals surface area (Å²) in [6.45, 7) is 9.95. The number of hydrogen-bond acceptors (Lipinski definition) is 5. The Morgan fingerprint density at radius 1 is 1.10 bits per heavy atom. The molecule has 0 aliphatic carbocycles. The summed E-state index contributed by atoms with van der Waals surface area (Å²) in [6.07, 6.45) is -3.49. The summed E-state index contributed by atoms with van der Waals surface area (Å²) in [5.41, 5.74) is 3.27. The van der Waals surface area contributed by atoms with E-state index in [0.29, 0.717) is 23.5 Å². The fraction of sp³-hybridized carbons (Fsp3) is 0.409. The van der Waals surface area contributed by atoms with Crippen LogP contribution in [0.1, 0.15) is 51.9 Å². The van der Waals surface area contributed by atoms with E-state index in [4.69, 9.17) is 0 Å². The highest BCUT2D eigenvalue weighted by molar-refractivity contribution is 8.03. The molecule has 31 heavy (non-hydrogen) atoms. The van der Waals surface area contributed by atoms with E-state index in [-0.39, 0.29) is 18.2 Å². The zero-order valence-corrected chi connectivity index (χ0v) is 19.0. The van der Waals surface area contributed by atoms with Crippen molar-refractivity contribution in [3.05, 3.63) is 46.1 Å². The molecule has 0 radical (unpaired) electrons. The van der Waals surface area contributed by atoms with Crippen LogP contribution >= 0.6 is 11.8 Å². The summed E-state index contributed by atoms with van der Waals surface area (Å²) >= 11 is 1.52. The smallest absolute Gasteiger partial charge is 0.406 e. The molecule has 0 saturated carbocycles. The van der Waals surface area contributed by atoms with Crippen LogP contribution in [0.5, 0.6) is 5.75 Å². The number of halogens is 3. The molecule has 0 atom stereocenters. The minimum atomic E-state index is -4.75. The maximum Gasteiger partial charge on any atom is 0.573 e. The van der Waals surface area contributed by atoms with Crippen molar-refractivity contribution in [1.29, 1.82) is 0 Å². The number of amides is 1. The summed E-state index contributed by atoms with van der Waals surface area (Å²) in [5, 5.41) is 3.51. The van der Waals surface area contributed by atoms with Crippen molar-refractivity contribution < 1.29 is 22.7 Å². The lowest BCUT2D eigenvalue weighted by Crippen LogP contribution is -2.23. The van der Waals surface area contributed by atoms with Gasteiger partial charge in [-0.3, -0.25) is 4.79 Å². The molecular weight excluding hydrogens is 427 g/mol. The van der Waals surface area contributed by atoms with Gasteiger partial charge in [0.1, 0.15) is 16.6 Å². The molecule has 5 nitrogen and oxygen atoms in total. The second kappa shape index (κ2) is 10.7. The second-order valence-corrected chi connectivity index (χ2v) is 8.12. The van der Waals surface area contributed by atoms with Crippen LogP contribution in [0.4, 0.5) is 13.2 Å². The van der Waals surface area contributed by atoms with E-state index in [2.05, 4.69) is 33.9 Å². The molecule has 0 saturated heterocycles. The van der Waals surface area contributed by atoms with Gasteiger partial charge in [0.25, 0.3) is 0 Å². The van der Waals surface area contributed by atoms with E-state index in [1.165, 1.54) is 41.6 Å². The minimum absolute atomic E-state index is 0.119. The van der Waals surface area contributed by atoms with Crippen LogP contribution in [0, 0.1) is 6.92 Å². The number of nitrogens with zero attached hydrogens (tertiary/aromatic N) is 2. The van der Waals surface area contributed by atoms with Crippen molar-refractivity contribution in [1.82, 2.24) is 15.3 Å². The molecule has 1 heterocycles. The zero-order valence-electron chi connectivity index (χ0n) is 18.2. The maximum atomic E-state index is 12.4. The van der Waals surface area contributed by atoms with Crippen molar-refractivity contribution in [3.63, 3.8) is 0 Å². The second-order valence-electron chi connectivity index (χ2n) is 6.91. The van der Waals surface area contributed by atoms with E-state index in [1.807, 2.05) is 13.8 Å². The highest BCUT2D eigenvalue weighted by atomic mass is 32.2. The van der Waals surface area contributed by atoms with E-state index in [1.54, 1.807) is 6.92 Å². The molecule has 0 bridgehead atoms. The first-order valence-electron chi connectivity index (χ1n) is 9.88. The first-order chi connectivity index (χ1) is 14.5. The summed E-state index contributed by atoms with van der Waals surface area (Å²) in [4.78, 5) is 22.0. The van der Waals surface area contributed by atoms with Gasteiger partial charge in [0.2, 0.25) is 5.91 Å². The van der Waals surface area contributed by atoms with Crippen LogP contribution in [-0.2, 0) is 11.3 Å². The van der Waals surface area contributed by atoms with Gasteiger partial charge in [-0.15, -0.1) is 13.2 Å². The Balaban J connectivity index is 2.46. The number of ether oxygens (including phenoxy) is 1. The van der Waals surface area contributed by atoms with E-state index in [0.717, 1.165) is 21.9 Å². The van der Waals surface area contributed by atoms with Gasteiger partial charge in [0.05, 0.1) is 12.2 Å². The molecule has 0 aliphatic rings. The summed E-state index contributed by atoms with van der Waals surface area (Å²) in [7, 11) is 0. The molecule has 168 valence electrons. The minimum Gasteiger partial charge on any atom is -0.406 e. The van der Waals surface area contributed by atoms with Crippen LogP contribution in [0.25, 0.3) is 11.3 Å². The lowest BCUT2D eigenvalue weighted by Gasteiger charge is -2.15. The van der Waals surface area contributed by atoms with Gasteiger partial charge >= 0.3 is 6.36 Å². The number of nitrogens with one attached hydrogen (secondary N) is 1. The molecule has 1 aromatic carbocycles. The van der Waals surface area contributed by atoms with Crippen molar-refractivity contribution in [2.24, 2.45) is 0 Å². The normalized spacial score (nSPS) is 12.4. The highest BCUT2D eigenvalue weighted by Gasteiger charge is 2.31. The molecule has 2 aromatic rings. The zero-order chi connectivity index (χ0) is 23.2. The molecule has 2 rings (SSSR count). The summed E-state index contributed by atoms with van der Waals surface area (Å²) < 4.78 is 41.3. The molecule has 1 N–H and O–H groups in total. The third-order valence-electron chi connectivity index (χ3n) is 4.65. The van der Waals surface area contributed by atoms with Gasteiger partial charge in [-0.2, -0.15) is 0 Å². The third-order valence-corrected chi connectivity index (χ3v) is 5.90. The molecular formula is C22H26F3N3O2S. The predicted molar refractivity (Wildman–Crippen MR) is 116 cm³/mol. The van der Waals surface area contributed by atoms with E-state index in [9.17, 15) is 18.0 Å². The Morgan fingerprint density at radius 3 is 2.29 bits per heavy atom. The Kier molecular flexibility index (Phi) is 8.50. The van der Waals surface area contributed by atoms with E-state index >= 15 is 0 Å². The van der Waals surface area contributed by atoms with Crippen molar-refractivity contribution in [2.45, 2.75) is 65.4 Å². The Labute approximate surface area is 184 Å². The van der Waals surface area contributed by atoms with Crippen LogP contribution in [0.15, 0.2) is 39.8 Å². The highest BCUT2D eigenvalue weighted by Crippen LogP contribution is 2.35. The van der Waals surface area contributed by atoms with Gasteiger partial charge in [-0.05, 0) is 56.4 Å². The van der Waals surface area contributed by atoms with E-state index < -0.39 is 6.36 Å². The fourth-order valence-corrected chi connectivity index (χ4v) is 3.61. The predicted octanol–water partition coefficient (Wildman–Crippen LogP) is 6.17. The van der Waals surface area contributed by atoms with Crippen LogP contribution in [0.3, 0.4) is 0 Å². The quantitative estimate of drug-likeness (QED) is 0.382. The van der Waals surface area contributed by atoms with Gasteiger partial charge in [-0.1, -0.05) is 31.2 Å². The number of thioether (sulfide) groups is 1. The van der Waals surface area contributed by atoms with Gasteiger partial charge in [0, 0.05) is 17.5 Å². The average molecular weight is 454 g/mol. The molecule has 0 aliphatic heterocycles. The number of hydrogen-bond donors (Lipinski definition) is 1. The number of alkyl halides is 3. The summed E-state index contributed by atoms with van der Waals surface area (Å²) in [6, 6.07) is 5.56. The molecule has 0 unspecified atom stereocenters. The average Bonchev–Trinajstić information content (AvgIpc) is 2.72. The Morgan fingerprint density at radius 2 is 1.74 bits per heavy atom. The van der Waals surface area contributed by atoms with Crippen LogP contribution in [0.2, 0.25) is 0 Å². The molecule has 1 amide bonds. The topological polar surface area (TPSA) is 64.1 Å². The number of allylic oxidation sites excluding steroid dienone is 2. The van der Waals surface area contributed by atoms with Crippen molar-refractivity contribution in [2.75, 3.05) is 0 Å². The van der Waals surface area contributed by atoms with Crippen molar-refractivity contribution in [3.8, 4) is 17.0 Å². The first-order valence-corrected chi connectivity index (χ1v) is 10.7. The van der Waals surface area contributed by atoms with Crippen LogP contribution in [-0.4, -0.2) is 22.2 Å². The monoisotopic (exact) mass is 453 g/mol. The Hall–Kier alpha value is -2.55. The lowest BCUT2D eigenvalue weighted by molar-refractivity contribution is -0.274. The maximum absolute atomic E-state index is 12.4. The van der Waals surface area contributed by atoms with Gasteiger partial charge in [0.15, 0.2) is 0 Å². The lowest BCUT2D eigenvalue weighted by atomic mass is 10.1. The first kappa shape index (κ1) is 24.7. The molecule has 9 heteroatoms. The molecule has 0 spiro atoms. The molecule has 0 fully saturated rings. The Bertz CT molecular complexity index is 958. The number of rotatable bonds is 8. The number of benzene rings is 1. The number of carbonyl (C=O) groups excluding carboxylic acids is 1. The largest absolute Gasteiger partial charge is 0.573 e. The summed E-state index contributed by atoms with van der Waals surface area (Å²) in [5.74, 6) is 0.0132. The molecule has 1 aromatic heterocycles. The number of aromatic nitrogens is 2. The van der Waals surface area contributed by atoms with Crippen molar-refractivity contribution >= 4 is 17.7 Å². The standard InChI is InChI=1S/C22H26F3N3O2S/c1-6-13(3)15(5)31-21-14(4)20(27-18(28-21)12-26-19(29)7-2)16-8-10-17(11-9-16)30-22(23,24)25/h8-11H,6-7,12H2,1-5H3,(H,26,29)/b15-13+. The van der Waals surface area contributed by atoms with Gasteiger partial charge < -0.3 is 10.1 Å². The third kappa shape index (κ3) is 7.27. The SMILES string of the molecule is CCC(=O)NCc1nc(S/C(C)=C(\C)CC)c(C)c(-c2ccc(OC(F)(F)F)cc2)n1. The fourth-order valence-electron chi connectivity index (χ4n) is 2.60. The number of carbonyl (C=O) groups is 1. The van der Waals surface area contributed by atoms with Crippen LogP contribution < -0.4 is 10.1 Å². The van der Waals surface area contributed by atoms with Gasteiger partial charge in [-0.25, -0.2) is 9.97 Å².